The van der Waals surface area contributed by atoms with E-state index in [1.165, 1.54) is 13.0 Å². The van der Waals surface area contributed by atoms with E-state index in [-0.39, 0.29) is 11.6 Å². The molecular formula is C12H12Cl2N4O2S. The number of sulfonamides is 1. The molecule has 2 N–H and O–H groups in total. The van der Waals surface area contributed by atoms with E-state index in [2.05, 4.69) is 20.2 Å². The second kappa shape index (κ2) is 6.46. The number of para-hydroxylation sites is 1. The van der Waals surface area contributed by atoms with Crippen LogP contribution in [0.25, 0.3) is 0 Å². The Morgan fingerprint density at radius 2 is 1.62 bits per heavy atom. The molecule has 0 amide bonds. The molecule has 2 rings (SSSR count). The lowest BCUT2D eigenvalue weighted by Crippen LogP contribution is -2.15. The lowest BCUT2D eigenvalue weighted by atomic mass is 10.3. The predicted octanol–water partition coefficient (Wildman–Crippen LogP) is 3.29. The van der Waals surface area contributed by atoms with Crippen molar-refractivity contribution in [2.75, 3.05) is 15.8 Å². The zero-order chi connectivity index (χ0) is 15.5. The molecular weight excluding hydrogens is 335 g/mol. The first-order valence-corrected chi connectivity index (χ1v) is 8.37. The van der Waals surface area contributed by atoms with Crippen LogP contribution in [-0.2, 0) is 10.0 Å². The number of nitrogens with zero attached hydrogens (tertiary/aromatic N) is 2. The average molecular weight is 347 g/mol. The van der Waals surface area contributed by atoms with Crippen molar-refractivity contribution in [1.29, 1.82) is 0 Å². The summed E-state index contributed by atoms with van der Waals surface area (Å²) in [6.07, 6.45) is 0. The van der Waals surface area contributed by atoms with Crippen molar-refractivity contribution in [3.63, 3.8) is 0 Å². The quantitative estimate of drug-likeness (QED) is 0.867. The van der Waals surface area contributed by atoms with Crippen molar-refractivity contribution in [2.24, 2.45) is 0 Å². The zero-order valence-corrected chi connectivity index (χ0v) is 13.3. The van der Waals surface area contributed by atoms with Gasteiger partial charge in [0, 0.05) is 0 Å². The van der Waals surface area contributed by atoms with Crippen LogP contribution in [0.2, 0.25) is 10.0 Å². The summed E-state index contributed by atoms with van der Waals surface area (Å²) in [5, 5.41) is 11.5. The Balaban J connectivity index is 2.17. The fraction of sp³-hybridized carbons (Fsp3) is 0.167. The van der Waals surface area contributed by atoms with Gasteiger partial charge in [0.25, 0.3) is 0 Å². The maximum Gasteiger partial charge on any atom is 0.233 e. The van der Waals surface area contributed by atoms with Gasteiger partial charge in [0.2, 0.25) is 10.0 Å². The molecule has 0 bridgehead atoms. The SMILES string of the molecule is CCS(=O)(=O)Nc1ccc(Nc2c(Cl)cccc2Cl)nn1. The lowest BCUT2D eigenvalue weighted by Gasteiger charge is -2.09. The maximum absolute atomic E-state index is 11.4. The van der Waals surface area contributed by atoms with Crippen LogP contribution in [0.5, 0.6) is 0 Å². The van der Waals surface area contributed by atoms with Crippen LogP contribution in [0.15, 0.2) is 30.3 Å². The minimum atomic E-state index is -3.37. The van der Waals surface area contributed by atoms with Crippen molar-refractivity contribution in [3.8, 4) is 0 Å². The van der Waals surface area contributed by atoms with E-state index in [1.54, 1.807) is 24.3 Å². The molecule has 0 fully saturated rings. The molecule has 0 aliphatic carbocycles. The molecule has 0 spiro atoms. The molecule has 0 radical (unpaired) electrons. The lowest BCUT2D eigenvalue weighted by molar-refractivity contribution is 0.602. The standard InChI is InChI=1S/C12H12Cl2N4O2S/c1-2-21(19,20)18-11-7-6-10(16-17-11)15-12-8(13)4-3-5-9(12)14/h3-7H,2H2,1H3,(H,15,16)(H,17,18). The van der Waals surface area contributed by atoms with Gasteiger partial charge in [-0.1, -0.05) is 29.3 Å². The van der Waals surface area contributed by atoms with Gasteiger partial charge in [0.05, 0.1) is 21.5 Å². The highest BCUT2D eigenvalue weighted by Gasteiger charge is 2.09. The molecule has 112 valence electrons. The van der Waals surface area contributed by atoms with Gasteiger partial charge in [-0.15, -0.1) is 10.2 Å². The fourth-order valence-corrected chi connectivity index (χ4v) is 2.49. The topological polar surface area (TPSA) is 84.0 Å². The highest BCUT2D eigenvalue weighted by atomic mass is 35.5. The Kier molecular flexibility index (Phi) is 4.87. The summed E-state index contributed by atoms with van der Waals surface area (Å²) in [6.45, 7) is 1.53. The molecule has 9 heteroatoms. The smallest absolute Gasteiger partial charge is 0.233 e. The third kappa shape index (κ3) is 4.20. The average Bonchev–Trinajstić information content (AvgIpc) is 2.45. The first kappa shape index (κ1) is 15.8. The normalized spacial score (nSPS) is 11.2. The first-order valence-electron chi connectivity index (χ1n) is 5.96. The van der Waals surface area contributed by atoms with Crippen molar-refractivity contribution >= 4 is 50.5 Å². The van der Waals surface area contributed by atoms with Gasteiger partial charge >= 0.3 is 0 Å². The summed E-state index contributed by atoms with van der Waals surface area (Å²) in [4.78, 5) is 0. The van der Waals surface area contributed by atoms with E-state index in [9.17, 15) is 8.42 Å². The minimum absolute atomic E-state index is 0.0378. The highest BCUT2D eigenvalue weighted by Crippen LogP contribution is 2.31. The number of hydrogen-bond acceptors (Lipinski definition) is 5. The van der Waals surface area contributed by atoms with E-state index >= 15 is 0 Å². The summed E-state index contributed by atoms with van der Waals surface area (Å²) in [5.41, 5.74) is 0.511. The van der Waals surface area contributed by atoms with E-state index < -0.39 is 10.0 Å². The Labute approximate surface area is 132 Å². The van der Waals surface area contributed by atoms with Crippen LogP contribution in [0.1, 0.15) is 6.92 Å². The third-order valence-corrected chi connectivity index (χ3v) is 4.43. The third-order valence-electron chi connectivity index (χ3n) is 2.52. The number of nitrogens with one attached hydrogen (secondary N) is 2. The summed E-state index contributed by atoms with van der Waals surface area (Å²) in [7, 11) is -3.37. The number of anilines is 3. The molecule has 0 unspecified atom stereocenters. The fourth-order valence-electron chi connectivity index (χ4n) is 1.43. The molecule has 1 aromatic carbocycles. The van der Waals surface area contributed by atoms with Crippen molar-refractivity contribution < 1.29 is 8.42 Å². The summed E-state index contributed by atoms with van der Waals surface area (Å²) in [5.74, 6) is 0.501. The molecule has 21 heavy (non-hydrogen) atoms. The molecule has 6 nitrogen and oxygen atoms in total. The summed E-state index contributed by atoms with van der Waals surface area (Å²) in [6, 6.07) is 8.16. The van der Waals surface area contributed by atoms with E-state index in [1.807, 2.05) is 0 Å². The predicted molar refractivity (Wildman–Crippen MR) is 84.9 cm³/mol. The minimum Gasteiger partial charge on any atom is -0.336 e. The van der Waals surface area contributed by atoms with E-state index in [0.717, 1.165) is 0 Å². The van der Waals surface area contributed by atoms with Gasteiger partial charge in [-0.05, 0) is 31.2 Å². The maximum atomic E-state index is 11.4. The molecule has 1 heterocycles. The molecule has 2 aromatic rings. The zero-order valence-electron chi connectivity index (χ0n) is 11.0. The molecule has 0 atom stereocenters. The van der Waals surface area contributed by atoms with Gasteiger partial charge in [0.15, 0.2) is 11.6 Å². The monoisotopic (exact) mass is 346 g/mol. The van der Waals surface area contributed by atoms with Gasteiger partial charge in [0.1, 0.15) is 0 Å². The van der Waals surface area contributed by atoms with E-state index in [0.29, 0.717) is 21.6 Å². The number of aromatic nitrogens is 2. The van der Waals surface area contributed by atoms with Crippen LogP contribution in [0, 0.1) is 0 Å². The van der Waals surface area contributed by atoms with Gasteiger partial charge in [-0.25, -0.2) is 8.42 Å². The van der Waals surface area contributed by atoms with Crippen molar-refractivity contribution in [1.82, 2.24) is 10.2 Å². The largest absolute Gasteiger partial charge is 0.336 e. The van der Waals surface area contributed by atoms with Crippen LogP contribution in [0.3, 0.4) is 0 Å². The van der Waals surface area contributed by atoms with Crippen molar-refractivity contribution in [2.45, 2.75) is 6.92 Å². The molecule has 0 aliphatic heterocycles. The van der Waals surface area contributed by atoms with Gasteiger partial charge in [-0.3, -0.25) is 4.72 Å². The number of rotatable bonds is 5. The van der Waals surface area contributed by atoms with Crippen LogP contribution < -0.4 is 10.0 Å². The molecule has 0 saturated heterocycles. The molecule has 1 aromatic heterocycles. The molecule has 0 saturated carbocycles. The van der Waals surface area contributed by atoms with Crippen LogP contribution in [-0.4, -0.2) is 24.4 Å². The first-order chi connectivity index (χ1) is 9.91. The van der Waals surface area contributed by atoms with E-state index in [4.69, 9.17) is 23.2 Å². The van der Waals surface area contributed by atoms with Crippen molar-refractivity contribution in [3.05, 3.63) is 40.4 Å². The van der Waals surface area contributed by atoms with Crippen LogP contribution >= 0.6 is 23.2 Å². The van der Waals surface area contributed by atoms with Gasteiger partial charge < -0.3 is 5.32 Å². The second-order valence-electron chi connectivity index (χ2n) is 4.03. The van der Waals surface area contributed by atoms with Crippen LogP contribution in [0.4, 0.5) is 17.3 Å². The van der Waals surface area contributed by atoms with Gasteiger partial charge in [-0.2, -0.15) is 0 Å². The Morgan fingerprint density at radius 3 is 2.14 bits per heavy atom. The summed E-state index contributed by atoms with van der Waals surface area (Å²) >= 11 is 12.1. The number of hydrogen-bond donors (Lipinski definition) is 2. The number of halogens is 2. The Hall–Kier alpha value is -1.57. The second-order valence-corrected chi connectivity index (χ2v) is 6.86. The highest BCUT2D eigenvalue weighted by molar-refractivity contribution is 7.92. The Bertz CT molecular complexity index is 715. The molecule has 0 aliphatic rings. The number of benzene rings is 1. The summed E-state index contributed by atoms with van der Waals surface area (Å²) < 4.78 is 25.1. The Morgan fingerprint density at radius 1 is 1.05 bits per heavy atom.